The number of hydrogen-bond acceptors (Lipinski definition) is 4. The Morgan fingerprint density at radius 3 is 2.89 bits per heavy atom. The Kier molecular flexibility index (Phi) is 4.58. The van der Waals surface area contributed by atoms with Crippen molar-refractivity contribution in [3.8, 4) is 0 Å². The van der Waals surface area contributed by atoms with Gasteiger partial charge in [-0.05, 0) is 37.1 Å². The van der Waals surface area contributed by atoms with Gasteiger partial charge in [-0.3, -0.25) is 0 Å². The number of halogens is 2. The fraction of sp³-hybridized carbons (Fsp3) is 0.316. The third-order valence-electron chi connectivity index (χ3n) is 4.87. The van der Waals surface area contributed by atoms with Crippen LogP contribution < -0.4 is 10.2 Å². The molecule has 9 heteroatoms. The molecule has 1 aromatic carbocycles. The topological polar surface area (TPSA) is 65.8 Å². The number of urea groups is 1. The van der Waals surface area contributed by atoms with E-state index in [1.54, 1.807) is 30.9 Å². The average molecular weight is 386 g/mol. The second-order valence-corrected chi connectivity index (χ2v) is 6.95. The number of nitrogens with zero attached hydrogens (tertiary/aromatic N) is 5. The number of fused-ring (bicyclic) bond motifs is 1. The molecule has 0 unspecified atom stereocenters. The Morgan fingerprint density at radius 2 is 2.11 bits per heavy atom. The molecule has 4 rings (SSSR count). The maximum absolute atomic E-state index is 14.3. The van der Waals surface area contributed by atoms with Crippen molar-refractivity contribution in [2.45, 2.75) is 18.9 Å². The minimum atomic E-state index is -0.462. The minimum Gasteiger partial charge on any atom is -0.349 e. The van der Waals surface area contributed by atoms with Gasteiger partial charge in [0.15, 0.2) is 5.65 Å². The summed E-state index contributed by atoms with van der Waals surface area (Å²) in [6.07, 6.45) is 4.81. The van der Waals surface area contributed by atoms with Crippen LogP contribution >= 0.6 is 0 Å². The van der Waals surface area contributed by atoms with E-state index in [4.69, 9.17) is 0 Å². The standard InChI is InChI=1S/C19H20F2N6O/c1-25(2)19(28)23-15-11-22-27-9-7-17(24-18(15)27)26-8-3-4-16(26)13-10-12(20)5-6-14(13)21/h5-7,9-11,16H,3-4,8H2,1-2H3,(H,23,28)/t16-/m0/s1. The number of hydrogen-bond donors (Lipinski definition) is 1. The maximum atomic E-state index is 14.3. The van der Waals surface area contributed by atoms with Crippen LogP contribution in [0, 0.1) is 11.6 Å². The van der Waals surface area contributed by atoms with Crippen LogP contribution in [-0.4, -0.2) is 46.2 Å². The molecule has 1 fully saturated rings. The van der Waals surface area contributed by atoms with Crippen molar-refractivity contribution in [3.05, 3.63) is 53.9 Å². The van der Waals surface area contributed by atoms with E-state index in [0.29, 0.717) is 35.7 Å². The van der Waals surface area contributed by atoms with Gasteiger partial charge in [-0.15, -0.1) is 0 Å². The lowest BCUT2D eigenvalue weighted by molar-refractivity contribution is 0.230. The zero-order chi connectivity index (χ0) is 19.8. The summed E-state index contributed by atoms with van der Waals surface area (Å²) in [5, 5.41) is 6.95. The van der Waals surface area contributed by atoms with Crippen molar-refractivity contribution in [1.82, 2.24) is 19.5 Å². The lowest BCUT2D eigenvalue weighted by atomic mass is 10.0. The Hall–Kier alpha value is -3.23. The summed E-state index contributed by atoms with van der Waals surface area (Å²) in [4.78, 5) is 20.0. The summed E-state index contributed by atoms with van der Waals surface area (Å²) >= 11 is 0. The van der Waals surface area contributed by atoms with Crippen molar-refractivity contribution in [2.75, 3.05) is 30.9 Å². The predicted molar refractivity (Wildman–Crippen MR) is 101 cm³/mol. The molecule has 28 heavy (non-hydrogen) atoms. The van der Waals surface area contributed by atoms with Crippen LogP contribution in [0.15, 0.2) is 36.7 Å². The van der Waals surface area contributed by atoms with Crippen LogP contribution in [0.4, 0.5) is 25.1 Å². The number of nitrogens with one attached hydrogen (secondary N) is 1. The molecule has 1 atom stereocenters. The molecule has 1 saturated heterocycles. The van der Waals surface area contributed by atoms with Gasteiger partial charge in [-0.1, -0.05) is 0 Å². The lowest BCUT2D eigenvalue weighted by Gasteiger charge is -2.26. The zero-order valence-electron chi connectivity index (χ0n) is 15.6. The molecule has 1 aliphatic heterocycles. The first-order valence-electron chi connectivity index (χ1n) is 8.98. The summed E-state index contributed by atoms with van der Waals surface area (Å²) in [7, 11) is 3.28. The molecule has 1 aliphatic rings. The molecule has 7 nitrogen and oxygen atoms in total. The number of rotatable bonds is 3. The summed E-state index contributed by atoms with van der Waals surface area (Å²) < 4.78 is 29.6. The largest absolute Gasteiger partial charge is 0.349 e. The van der Waals surface area contributed by atoms with E-state index in [9.17, 15) is 13.6 Å². The molecule has 146 valence electrons. The Morgan fingerprint density at radius 1 is 1.29 bits per heavy atom. The maximum Gasteiger partial charge on any atom is 0.321 e. The van der Waals surface area contributed by atoms with Crippen LogP contribution in [0.2, 0.25) is 0 Å². The summed E-state index contributed by atoms with van der Waals surface area (Å²) in [5.41, 5.74) is 1.29. The second kappa shape index (κ2) is 7.06. The number of anilines is 2. The van der Waals surface area contributed by atoms with Crippen LogP contribution in [0.3, 0.4) is 0 Å². The first-order chi connectivity index (χ1) is 13.4. The fourth-order valence-corrected chi connectivity index (χ4v) is 3.47. The van der Waals surface area contributed by atoms with Gasteiger partial charge < -0.3 is 15.1 Å². The smallest absolute Gasteiger partial charge is 0.321 e. The van der Waals surface area contributed by atoms with Crippen molar-refractivity contribution < 1.29 is 13.6 Å². The van der Waals surface area contributed by atoms with Gasteiger partial charge in [-0.2, -0.15) is 5.10 Å². The Bertz CT molecular complexity index is 1030. The van der Waals surface area contributed by atoms with Crippen molar-refractivity contribution in [3.63, 3.8) is 0 Å². The predicted octanol–water partition coefficient (Wildman–Crippen LogP) is 3.44. The molecule has 3 heterocycles. The van der Waals surface area contributed by atoms with Crippen LogP contribution in [0.25, 0.3) is 5.65 Å². The van der Waals surface area contributed by atoms with Gasteiger partial charge in [0.1, 0.15) is 23.1 Å². The monoisotopic (exact) mass is 386 g/mol. The van der Waals surface area contributed by atoms with E-state index in [2.05, 4.69) is 15.4 Å². The highest BCUT2D eigenvalue weighted by Gasteiger charge is 2.30. The van der Waals surface area contributed by atoms with Gasteiger partial charge in [0.2, 0.25) is 0 Å². The van der Waals surface area contributed by atoms with Gasteiger partial charge in [0.05, 0.1) is 12.2 Å². The third kappa shape index (κ3) is 3.23. The fourth-order valence-electron chi connectivity index (χ4n) is 3.47. The summed E-state index contributed by atoms with van der Waals surface area (Å²) in [6, 6.07) is 4.72. The molecule has 0 saturated carbocycles. The highest BCUT2D eigenvalue weighted by Crippen LogP contribution is 2.37. The number of aromatic nitrogens is 3. The third-order valence-corrected chi connectivity index (χ3v) is 4.87. The summed E-state index contributed by atoms with van der Waals surface area (Å²) in [6.45, 7) is 0.678. The number of benzene rings is 1. The molecule has 0 aliphatic carbocycles. The molecule has 2 amide bonds. The van der Waals surface area contributed by atoms with Gasteiger partial charge in [0.25, 0.3) is 0 Å². The highest BCUT2D eigenvalue weighted by atomic mass is 19.1. The molecule has 2 aromatic heterocycles. The van der Waals surface area contributed by atoms with E-state index in [-0.39, 0.29) is 12.1 Å². The van der Waals surface area contributed by atoms with E-state index in [1.807, 2.05) is 4.90 Å². The van der Waals surface area contributed by atoms with Gasteiger partial charge in [0, 0.05) is 32.4 Å². The minimum absolute atomic E-state index is 0.289. The Labute approximate surface area is 160 Å². The molecular formula is C19H20F2N6O. The SMILES string of the molecule is CN(C)C(=O)Nc1cnn2ccc(N3CCC[C@H]3c3cc(F)ccc3F)nc12. The van der Waals surface area contributed by atoms with Gasteiger partial charge >= 0.3 is 6.03 Å². The molecule has 1 N–H and O–H groups in total. The zero-order valence-corrected chi connectivity index (χ0v) is 15.6. The second-order valence-electron chi connectivity index (χ2n) is 6.95. The van der Waals surface area contributed by atoms with E-state index < -0.39 is 11.6 Å². The molecule has 0 radical (unpaired) electrons. The van der Waals surface area contributed by atoms with Crippen LogP contribution in [0.5, 0.6) is 0 Å². The number of carbonyl (C=O) groups excluding carboxylic acids is 1. The number of carbonyl (C=O) groups is 1. The Balaban J connectivity index is 1.70. The molecular weight excluding hydrogens is 366 g/mol. The first kappa shape index (κ1) is 18.1. The van der Waals surface area contributed by atoms with Crippen molar-refractivity contribution in [2.24, 2.45) is 0 Å². The number of amides is 2. The highest BCUT2D eigenvalue weighted by molar-refractivity contribution is 5.92. The average Bonchev–Trinajstić information content (AvgIpc) is 3.30. The van der Waals surface area contributed by atoms with E-state index in [0.717, 1.165) is 18.6 Å². The quantitative estimate of drug-likeness (QED) is 0.749. The lowest BCUT2D eigenvalue weighted by Crippen LogP contribution is -2.27. The molecule has 3 aromatic rings. The van der Waals surface area contributed by atoms with Gasteiger partial charge in [-0.25, -0.2) is 23.1 Å². The molecule has 0 spiro atoms. The summed E-state index contributed by atoms with van der Waals surface area (Å²) in [5.74, 6) is -0.265. The van der Waals surface area contributed by atoms with Crippen molar-refractivity contribution >= 4 is 23.2 Å². The van der Waals surface area contributed by atoms with E-state index in [1.165, 1.54) is 17.2 Å². The van der Waals surface area contributed by atoms with Crippen molar-refractivity contribution in [1.29, 1.82) is 0 Å². The molecule has 0 bridgehead atoms. The van der Waals surface area contributed by atoms with Crippen LogP contribution in [-0.2, 0) is 0 Å². The van der Waals surface area contributed by atoms with Crippen LogP contribution in [0.1, 0.15) is 24.4 Å². The normalized spacial score (nSPS) is 16.6. The van der Waals surface area contributed by atoms with E-state index >= 15 is 0 Å². The first-order valence-corrected chi connectivity index (χ1v) is 8.98.